The Balaban J connectivity index is 1.91. The molecule has 0 bridgehead atoms. The minimum atomic E-state index is -4.47. The van der Waals surface area contributed by atoms with Gasteiger partial charge in [0, 0.05) is 0 Å². The summed E-state index contributed by atoms with van der Waals surface area (Å²) in [7, 11) is 0. The third-order valence-corrected chi connectivity index (χ3v) is 2.92. The summed E-state index contributed by atoms with van der Waals surface area (Å²) in [6.07, 6.45) is -2.15. The van der Waals surface area contributed by atoms with Gasteiger partial charge in [0.05, 0.1) is 17.8 Å². The second kappa shape index (κ2) is 5.61. The van der Waals surface area contributed by atoms with Crippen LogP contribution < -0.4 is 10.6 Å². The maximum atomic E-state index is 12.7. The number of halogens is 3. The molecule has 1 aromatic rings. The third-order valence-electron chi connectivity index (χ3n) is 2.92. The molecule has 0 aromatic heterocycles. The molecule has 1 fully saturated rings. The van der Waals surface area contributed by atoms with Crippen LogP contribution in [-0.2, 0) is 11.0 Å². The number of carbonyl (C=O) groups is 1. The lowest BCUT2D eigenvalue weighted by molar-refractivity contribution is -0.137. The Morgan fingerprint density at radius 3 is 2.58 bits per heavy atom. The molecule has 1 aliphatic carbocycles. The number of hydrogen-bond acceptors (Lipinski definition) is 2. The summed E-state index contributed by atoms with van der Waals surface area (Å²) in [5, 5.41) is 5.22. The minimum absolute atomic E-state index is 0.0304. The Hall–Kier alpha value is -1.56. The van der Waals surface area contributed by atoms with E-state index in [4.69, 9.17) is 0 Å². The number of anilines is 1. The topological polar surface area (TPSA) is 41.1 Å². The molecule has 0 saturated heterocycles. The van der Waals surface area contributed by atoms with Gasteiger partial charge in [-0.05, 0) is 37.4 Å². The van der Waals surface area contributed by atoms with Crippen molar-refractivity contribution < 1.29 is 18.0 Å². The highest BCUT2D eigenvalue weighted by molar-refractivity contribution is 5.93. The number of hydrogen-bond donors (Lipinski definition) is 2. The van der Waals surface area contributed by atoms with Gasteiger partial charge >= 0.3 is 6.18 Å². The van der Waals surface area contributed by atoms with Gasteiger partial charge in [0.1, 0.15) is 0 Å². The molecule has 2 N–H and O–H groups in total. The summed E-state index contributed by atoms with van der Waals surface area (Å²) in [6, 6.07) is 4.96. The number of benzene rings is 1. The fourth-order valence-corrected chi connectivity index (χ4v) is 1.75. The van der Waals surface area contributed by atoms with Gasteiger partial charge in [-0.1, -0.05) is 12.1 Å². The van der Waals surface area contributed by atoms with Crippen molar-refractivity contribution in [3.8, 4) is 0 Å². The van der Waals surface area contributed by atoms with Crippen LogP contribution in [0.15, 0.2) is 24.3 Å². The Bertz CT molecular complexity index is 455. The largest absolute Gasteiger partial charge is 0.418 e. The molecule has 3 nitrogen and oxygen atoms in total. The average Bonchev–Trinajstić information content (AvgIpc) is 3.12. The molecule has 1 saturated carbocycles. The van der Waals surface area contributed by atoms with E-state index in [2.05, 4.69) is 10.6 Å². The van der Waals surface area contributed by atoms with Gasteiger partial charge in [-0.25, -0.2) is 0 Å². The zero-order valence-corrected chi connectivity index (χ0v) is 10.3. The van der Waals surface area contributed by atoms with Crippen LogP contribution in [0.1, 0.15) is 18.4 Å². The zero-order valence-electron chi connectivity index (χ0n) is 10.3. The van der Waals surface area contributed by atoms with E-state index >= 15 is 0 Å². The van der Waals surface area contributed by atoms with Crippen LogP contribution >= 0.6 is 0 Å². The lowest BCUT2D eigenvalue weighted by Crippen LogP contribution is -2.30. The van der Waals surface area contributed by atoms with Crippen molar-refractivity contribution in [3.63, 3.8) is 0 Å². The molecule has 6 heteroatoms. The van der Waals surface area contributed by atoms with Crippen molar-refractivity contribution in [3.05, 3.63) is 29.8 Å². The predicted molar refractivity (Wildman–Crippen MR) is 65.7 cm³/mol. The quantitative estimate of drug-likeness (QED) is 0.865. The highest BCUT2D eigenvalue weighted by atomic mass is 19.4. The lowest BCUT2D eigenvalue weighted by Gasteiger charge is -2.13. The summed E-state index contributed by atoms with van der Waals surface area (Å²) < 4.78 is 38.1. The lowest BCUT2D eigenvalue weighted by atomic mass is 10.1. The Morgan fingerprint density at radius 2 is 1.95 bits per heavy atom. The molecule has 0 radical (unpaired) electrons. The molecule has 19 heavy (non-hydrogen) atoms. The number of rotatable bonds is 5. The van der Waals surface area contributed by atoms with Gasteiger partial charge in [-0.2, -0.15) is 13.2 Å². The SMILES string of the molecule is O=C(CNCC1CC1)Nc1ccccc1C(F)(F)F. The standard InChI is InChI=1S/C13H15F3N2O/c14-13(15,16)10-3-1-2-4-11(10)18-12(19)8-17-7-9-5-6-9/h1-4,9,17H,5-8H2,(H,18,19). The number of nitrogens with one attached hydrogen (secondary N) is 2. The van der Waals surface area contributed by atoms with Crippen molar-refractivity contribution in [1.29, 1.82) is 0 Å². The first kappa shape index (κ1) is 13.9. The van der Waals surface area contributed by atoms with Gasteiger partial charge in [0.25, 0.3) is 0 Å². The van der Waals surface area contributed by atoms with Gasteiger partial charge in [-0.3, -0.25) is 4.79 Å². The van der Waals surface area contributed by atoms with E-state index in [1.54, 1.807) is 0 Å². The van der Waals surface area contributed by atoms with Gasteiger partial charge in [0.2, 0.25) is 5.91 Å². The van der Waals surface area contributed by atoms with Crippen LogP contribution in [0, 0.1) is 5.92 Å². The first-order valence-corrected chi connectivity index (χ1v) is 6.13. The third kappa shape index (κ3) is 4.24. The molecule has 0 heterocycles. The highest BCUT2D eigenvalue weighted by Crippen LogP contribution is 2.34. The predicted octanol–water partition coefficient (Wildman–Crippen LogP) is 2.64. The molecule has 0 spiro atoms. The number of carbonyl (C=O) groups excluding carboxylic acids is 1. The summed E-state index contributed by atoms with van der Waals surface area (Å²) in [6.45, 7) is 0.775. The van der Waals surface area contributed by atoms with Gasteiger partial charge in [-0.15, -0.1) is 0 Å². The fraction of sp³-hybridized carbons (Fsp3) is 0.462. The van der Waals surface area contributed by atoms with E-state index in [-0.39, 0.29) is 12.2 Å². The van der Waals surface area contributed by atoms with Crippen molar-refractivity contribution in [2.24, 2.45) is 5.92 Å². The van der Waals surface area contributed by atoms with Crippen molar-refractivity contribution in [2.75, 3.05) is 18.4 Å². The first-order valence-electron chi connectivity index (χ1n) is 6.13. The van der Waals surface area contributed by atoms with E-state index in [9.17, 15) is 18.0 Å². The Morgan fingerprint density at radius 1 is 1.26 bits per heavy atom. The fourth-order valence-electron chi connectivity index (χ4n) is 1.75. The summed E-state index contributed by atoms with van der Waals surface area (Å²) in [4.78, 5) is 11.6. The van der Waals surface area contributed by atoms with E-state index in [0.717, 1.165) is 25.5 Å². The number of alkyl halides is 3. The smallest absolute Gasteiger partial charge is 0.324 e. The van der Waals surface area contributed by atoms with Crippen molar-refractivity contribution in [2.45, 2.75) is 19.0 Å². The maximum absolute atomic E-state index is 12.7. The van der Waals surface area contributed by atoms with Crippen LogP contribution in [-0.4, -0.2) is 19.0 Å². The van der Waals surface area contributed by atoms with Crippen LogP contribution in [0.5, 0.6) is 0 Å². The van der Waals surface area contributed by atoms with Crippen molar-refractivity contribution in [1.82, 2.24) is 5.32 Å². The van der Waals surface area contributed by atoms with Crippen LogP contribution in [0.2, 0.25) is 0 Å². The molecule has 1 amide bonds. The summed E-state index contributed by atoms with van der Waals surface area (Å²) in [5.41, 5.74) is -1.03. The summed E-state index contributed by atoms with van der Waals surface area (Å²) >= 11 is 0. The average molecular weight is 272 g/mol. The molecular weight excluding hydrogens is 257 g/mol. The van der Waals surface area contributed by atoms with Crippen molar-refractivity contribution >= 4 is 11.6 Å². The van der Waals surface area contributed by atoms with E-state index in [0.29, 0.717) is 5.92 Å². The molecule has 1 aromatic carbocycles. The molecule has 0 aliphatic heterocycles. The second-order valence-corrected chi connectivity index (χ2v) is 4.67. The highest BCUT2D eigenvalue weighted by Gasteiger charge is 2.33. The molecule has 2 rings (SSSR count). The molecular formula is C13H15F3N2O. The Kier molecular flexibility index (Phi) is 4.09. The normalized spacial score (nSPS) is 15.3. The van der Waals surface area contributed by atoms with Crippen LogP contribution in [0.25, 0.3) is 0 Å². The summed E-state index contributed by atoms with van der Waals surface area (Å²) in [5.74, 6) is 0.160. The maximum Gasteiger partial charge on any atom is 0.418 e. The van der Waals surface area contributed by atoms with Gasteiger partial charge in [0.15, 0.2) is 0 Å². The van der Waals surface area contributed by atoms with Crippen LogP contribution in [0.4, 0.5) is 18.9 Å². The van der Waals surface area contributed by atoms with E-state index in [1.807, 2.05) is 0 Å². The number of para-hydroxylation sites is 1. The Labute approximate surface area is 109 Å². The molecule has 0 unspecified atom stereocenters. The van der Waals surface area contributed by atoms with Gasteiger partial charge < -0.3 is 10.6 Å². The van der Waals surface area contributed by atoms with Crippen LogP contribution in [0.3, 0.4) is 0 Å². The molecule has 1 aliphatic rings. The molecule has 104 valence electrons. The molecule has 0 atom stereocenters. The van der Waals surface area contributed by atoms with E-state index in [1.165, 1.54) is 18.2 Å². The zero-order chi connectivity index (χ0) is 13.9. The monoisotopic (exact) mass is 272 g/mol. The first-order chi connectivity index (χ1) is 8.97. The van der Waals surface area contributed by atoms with E-state index < -0.39 is 17.6 Å². The number of amides is 1. The second-order valence-electron chi connectivity index (χ2n) is 4.67. The minimum Gasteiger partial charge on any atom is -0.324 e.